The van der Waals surface area contributed by atoms with Gasteiger partial charge >= 0.3 is 11.9 Å². The van der Waals surface area contributed by atoms with Crippen LogP contribution < -0.4 is 5.32 Å². The van der Waals surface area contributed by atoms with E-state index in [0.29, 0.717) is 12.8 Å². The van der Waals surface area contributed by atoms with E-state index in [2.05, 4.69) is 19.2 Å². The van der Waals surface area contributed by atoms with Gasteiger partial charge in [0, 0.05) is 12.8 Å². The van der Waals surface area contributed by atoms with E-state index in [0.717, 1.165) is 57.8 Å². The Hall–Kier alpha value is -1.59. The maximum atomic E-state index is 12.4. The van der Waals surface area contributed by atoms with E-state index in [9.17, 15) is 14.4 Å². The molecule has 0 saturated carbocycles. The highest BCUT2D eigenvalue weighted by atomic mass is 16.5. The van der Waals surface area contributed by atoms with Crippen molar-refractivity contribution >= 4 is 17.8 Å². The molecule has 0 aromatic rings. The number of carboxylic acid groups (broad SMARTS) is 1. The van der Waals surface area contributed by atoms with Gasteiger partial charge in [0.15, 0.2) is 0 Å². The van der Waals surface area contributed by atoms with Gasteiger partial charge in [0.2, 0.25) is 5.91 Å². The SMILES string of the molecule is CCCCCCCCCC(=O)OC(CCCCCCCC)CCCCCCC(=O)NCC(=O)O. The van der Waals surface area contributed by atoms with Crippen molar-refractivity contribution in [1.82, 2.24) is 5.32 Å². The van der Waals surface area contributed by atoms with Crippen LogP contribution in [-0.2, 0) is 19.1 Å². The van der Waals surface area contributed by atoms with Gasteiger partial charge in [-0.15, -0.1) is 0 Å². The molecule has 6 nitrogen and oxygen atoms in total. The number of rotatable bonds is 25. The summed E-state index contributed by atoms with van der Waals surface area (Å²) >= 11 is 0. The second-order valence-electron chi connectivity index (χ2n) is 9.66. The van der Waals surface area contributed by atoms with Gasteiger partial charge in [-0.3, -0.25) is 14.4 Å². The van der Waals surface area contributed by atoms with Crippen LogP contribution in [0, 0.1) is 0 Å². The molecule has 1 atom stereocenters. The molecule has 2 N–H and O–H groups in total. The van der Waals surface area contributed by atoms with E-state index in [-0.39, 0.29) is 24.5 Å². The predicted octanol–water partition coefficient (Wildman–Crippen LogP) is 7.33. The number of carbonyl (C=O) groups excluding carboxylic acids is 2. The molecule has 0 spiro atoms. The third kappa shape index (κ3) is 23.6. The summed E-state index contributed by atoms with van der Waals surface area (Å²) in [5.41, 5.74) is 0. The van der Waals surface area contributed by atoms with Crippen molar-refractivity contribution in [2.24, 2.45) is 0 Å². The first-order chi connectivity index (χ1) is 16.5. The van der Waals surface area contributed by atoms with Crippen LogP contribution in [0.15, 0.2) is 0 Å². The quantitative estimate of drug-likeness (QED) is 0.105. The van der Waals surface area contributed by atoms with Crippen LogP contribution in [-0.4, -0.2) is 35.6 Å². The minimum atomic E-state index is -1.02. The van der Waals surface area contributed by atoms with Crippen LogP contribution in [0.4, 0.5) is 0 Å². The number of carbonyl (C=O) groups is 3. The Bertz CT molecular complexity index is 509. The van der Waals surface area contributed by atoms with Crippen LogP contribution in [0.25, 0.3) is 0 Å². The fourth-order valence-electron chi connectivity index (χ4n) is 4.16. The Kier molecular flexibility index (Phi) is 23.4. The van der Waals surface area contributed by atoms with Gasteiger partial charge in [0.1, 0.15) is 12.6 Å². The van der Waals surface area contributed by atoms with Gasteiger partial charge in [-0.25, -0.2) is 0 Å². The van der Waals surface area contributed by atoms with E-state index in [1.54, 1.807) is 0 Å². The molecule has 34 heavy (non-hydrogen) atoms. The zero-order chi connectivity index (χ0) is 25.3. The van der Waals surface area contributed by atoms with Crippen LogP contribution in [0.5, 0.6) is 0 Å². The Balaban J connectivity index is 4.11. The van der Waals surface area contributed by atoms with Crippen molar-refractivity contribution in [3.63, 3.8) is 0 Å². The van der Waals surface area contributed by atoms with Crippen molar-refractivity contribution in [2.75, 3.05) is 6.54 Å². The average Bonchev–Trinajstić information content (AvgIpc) is 2.81. The molecule has 0 fully saturated rings. The normalized spacial score (nSPS) is 11.8. The molecular formula is C28H53NO5. The molecule has 0 aromatic carbocycles. The topological polar surface area (TPSA) is 92.7 Å². The number of hydrogen-bond donors (Lipinski definition) is 2. The van der Waals surface area contributed by atoms with Crippen molar-refractivity contribution < 1.29 is 24.2 Å². The van der Waals surface area contributed by atoms with Gasteiger partial charge < -0.3 is 15.2 Å². The Morgan fingerprint density at radius 2 is 1.09 bits per heavy atom. The fourth-order valence-corrected chi connectivity index (χ4v) is 4.16. The second kappa shape index (κ2) is 24.5. The number of amides is 1. The molecule has 0 rings (SSSR count). The largest absolute Gasteiger partial charge is 0.480 e. The molecule has 0 heterocycles. The smallest absolute Gasteiger partial charge is 0.322 e. The lowest BCUT2D eigenvalue weighted by atomic mass is 10.0. The summed E-state index contributed by atoms with van der Waals surface area (Å²) in [6.45, 7) is 4.13. The van der Waals surface area contributed by atoms with Crippen molar-refractivity contribution in [1.29, 1.82) is 0 Å². The Morgan fingerprint density at radius 3 is 1.59 bits per heavy atom. The van der Waals surface area contributed by atoms with Crippen molar-refractivity contribution in [2.45, 2.75) is 155 Å². The van der Waals surface area contributed by atoms with Crippen molar-refractivity contribution in [3.8, 4) is 0 Å². The number of hydrogen-bond acceptors (Lipinski definition) is 4. The van der Waals surface area contributed by atoms with E-state index < -0.39 is 5.97 Å². The fraction of sp³-hybridized carbons (Fsp3) is 0.893. The third-order valence-corrected chi connectivity index (χ3v) is 6.28. The third-order valence-electron chi connectivity index (χ3n) is 6.28. The first-order valence-corrected chi connectivity index (χ1v) is 14.2. The molecule has 0 aliphatic carbocycles. The summed E-state index contributed by atoms with van der Waals surface area (Å²) in [6, 6.07) is 0. The molecule has 1 amide bonds. The number of esters is 1. The number of unbranched alkanes of at least 4 members (excludes halogenated alkanes) is 14. The van der Waals surface area contributed by atoms with Crippen LogP contribution in [0.1, 0.15) is 149 Å². The monoisotopic (exact) mass is 483 g/mol. The van der Waals surface area contributed by atoms with Crippen LogP contribution in [0.2, 0.25) is 0 Å². The number of nitrogens with one attached hydrogen (secondary N) is 1. The lowest BCUT2D eigenvalue weighted by Crippen LogP contribution is -2.28. The summed E-state index contributed by atoms with van der Waals surface area (Å²) < 4.78 is 5.86. The highest BCUT2D eigenvalue weighted by molar-refractivity contribution is 5.80. The highest BCUT2D eigenvalue weighted by Gasteiger charge is 2.14. The molecule has 0 saturated heterocycles. The van der Waals surface area contributed by atoms with Crippen LogP contribution in [0.3, 0.4) is 0 Å². The Morgan fingerprint density at radius 1 is 0.647 bits per heavy atom. The molecule has 0 radical (unpaired) electrons. The zero-order valence-corrected chi connectivity index (χ0v) is 22.2. The molecule has 0 bridgehead atoms. The molecule has 0 aliphatic heterocycles. The van der Waals surface area contributed by atoms with Gasteiger partial charge in [-0.1, -0.05) is 97.3 Å². The first-order valence-electron chi connectivity index (χ1n) is 14.2. The molecule has 1 unspecified atom stereocenters. The van der Waals surface area contributed by atoms with E-state index in [4.69, 9.17) is 9.84 Å². The van der Waals surface area contributed by atoms with E-state index in [1.807, 2.05) is 0 Å². The maximum Gasteiger partial charge on any atom is 0.322 e. The van der Waals surface area contributed by atoms with Crippen LogP contribution >= 0.6 is 0 Å². The van der Waals surface area contributed by atoms with Crippen molar-refractivity contribution in [3.05, 3.63) is 0 Å². The minimum absolute atomic E-state index is 0.0158. The zero-order valence-electron chi connectivity index (χ0n) is 22.2. The van der Waals surface area contributed by atoms with Gasteiger partial charge in [-0.2, -0.15) is 0 Å². The molecular weight excluding hydrogens is 430 g/mol. The summed E-state index contributed by atoms with van der Waals surface area (Å²) in [7, 11) is 0. The predicted molar refractivity (Wildman–Crippen MR) is 139 cm³/mol. The minimum Gasteiger partial charge on any atom is -0.480 e. The molecule has 200 valence electrons. The molecule has 0 aromatic heterocycles. The summed E-state index contributed by atoms with van der Waals surface area (Å²) in [5.74, 6) is -1.27. The molecule has 6 heteroatoms. The summed E-state index contributed by atoms with van der Waals surface area (Å²) in [6.07, 6.45) is 22.2. The number of aliphatic carboxylic acids is 1. The summed E-state index contributed by atoms with van der Waals surface area (Å²) in [4.78, 5) is 34.4. The number of ether oxygens (including phenoxy) is 1. The Labute approximate surface area is 209 Å². The first kappa shape index (κ1) is 32.4. The lowest BCUT2D eigenvalue weighted by molar-refractivity contribution is -0.150. The number of carboxylic acids is 1. The van der Waals surface area contributed by atoms with E-state index >= 15 is 0 Å². The summed E-state index contributed by atoms with van der Waals surface area (Å²) in [5, 5.41) is 11.0. The standard InChI is InChI=1S/C28H53NO5/c1-3-5-7-9-11-13-19-23-28(33)34-25(20-16-12-10-8-6-4-2)21-17-14-15-18-22-26(30)29-24-27(31)32/h25H,3-24H2,1-2H3,(H,29,30)(H,31,32). The van der Waals surface area contributed by atoms with Gasteiger partial charge in [-0.05, 0) is 38.5 Å². The van der Waals surface area contributed by atoms with Gasteiger partial charge in [0.25, 0.3) is 0 Å². The van der Waals surface area contributed by atoms with Gasteiger partial charge in [0.05, 0.1) is 0 Å². The maximum absolute atomic E-state index is 12.4. The second-order valence-corrected chi connectivity index (χ2v) is 9.66. The highest BCUT2D eigenvalue weighted by Crippen LogP contribution is 2.18. The average molecular weight is 484 g/mol. The molecule has 0 aliphatic rings. The lowest BCUT2D eigenvalue weighted by Gasteiger charge is -2.18. The van der Waals surface area contributed by atoms with E-state index in [1.165, 1.54) is 64.2 Å².